The van der Waals surface area contributed by atoms with Crippen molar-refractivity contribution in [3.8, 4) is 5.75 Å². The largest absolute Gasteiger partial charge is 0.507 e. The number of phenols is 1. The van der Waals surface area contributed by atoms with Crippen LogP contribution in [0, 0.1) is 0 Å². The molecule has 0 saturated heterocycles. The average Bonchev–Trinajstić information content (AvgIpc) is 3.49. The first-order valence-electron chi connectivity index (χ1n) is 14.2. The smallest absolute Gasteiger partial charge is 0.339 e. The second kappa shape index (κ2) is 15.5. The van der Waals surface area contributed by atoms with E-state index in [1.54, 1.807) is 17.5 Å². The lowest BCUT2D eigenvalue weighted by molar-refractivity contribution is -0.127. The van der Waals surface area contributed by atoms with Gasteiger partial charge < -0.3 is 20.4 Å². The van der Waals surface area contributed by atoms with Crippen LogP contribution in [0.4, 0.5) is 0 Å². The Hall–Kier alpha value is -4.76. The molecule has 1 heterocycles. The maximum atomic E-state index is 13.3. The Morgan fingerprint density at radius 3 is 2.37 bits per heavy atom. The Kier molecular flexibility index (Phi) is 11.2. The predicted molar refractivity (Wildman–Crippen MR) is 168 cm³/mol. The van der Waals surface area contributed by atoms with Crippen LogP contribution in [0.3, 0.4) is 0 Å². The Labute approximate surface area is 255 Å². The number of aromatic nitrogens is 1. The van der Waals surface area contributed by atoms with Gasteiger partial charge in [0.15, 0.2) is 0 Å². The lowest BCUT2D eigenvalue weighted by Crippen LogP contribution is -2.29. The van der Waals surface area contributed by atoms with Gasteiger partial charge >= 0.3 is 5.97 Å². The molecule has 9 heteroatoms. The van der Waals surface area contributed by atoms with Gasteiger partial charge in [-0.25, -0.2) is 9.78 Å². The molecule has 4 aromatic rings. The number of aromatic carboxylic acids is 1. The normalized spacial score (nSPS) is 11.0. The summed E-state index contributed by atoms with van der Waals surface area (Å²) in [6.45, 7) is 2.75. The minimum atomic E-state index is -1.26. The van der Waals surface area contributed by atoms with Gasteiger partial charge in [-0.1, -0.05) is 80.4 Å². The molecule has 222 valence electrons. The minimum Gasteiger partial charge on any atom is -0.507 e. The Morgan fingerprint density at radius 1 is 0.930 bits per heavy atom. The second-order valence-corrected chi connectivity index (χ2v) is 11.1. The molecular weight excluding hydrogens is 562 g/mol. The number of unbranched alkanes of at least 4 members (excludes halogenated alkanes) is 2. The zero-order chi connectivity index (χ0) is 30.6. The van der Waals surface area contributed by atoms with Crippen LogP contribution >= 0.6 is 11.3 Å². The van der Waals surface area contributed by atoms with Crippen LogP contribution in [0.5, 0.6) is 5.75 Å². The van der Waals surface area contributed by atoms with E-state index in [9.17, 15) is 24.6 Å². The number of thiazole rings is 1. The Morgan fingerprint density at radius 2 is 1.65 bits per heavy atom. The van der Waals surface area contributed by atoms with Crippen LogP contribution < -0.4 is 5.32 Å². The Balaban J connectivity index is 1.43. The van der Waals surface area contributed by atoms with Crippen LogP contribution in [0.2, 0.25) is 0 Å². The highest BCUT2D eigenvalue weighted by Crippen LogP contribution is 2.21. The number of benzene rings is 3. The molecule has 43 heavy (non-hydrogen) atoms. The van der Waals surface area contributed by atoms with Gasteiger partial charge in [0.1, 0.15) is 22.0 Å². The van der Waals surface area contributed by atoms with Gasteiger partial charge in [-0.05, 0) is 53.3 Å². The topological polar surface area (TPSA) is 120 Å². The summed E-state index contributed by atoms with van der Waals surface area (Å²) in [5.41, 5.74) is 3.69. The number of aromatic hydroxyl groups is 1. The fourth-order valence-electron chi connectivity index (χ4n) is 4.45. The summed E-state index contributed by atoms with van der Waals surface area (Å²) in [6.07, 6.45) is 7.78. The highest BCUT2D eigenvalue weighted by atomic mass is 32.1. The lowest BCUT2D eigenvalue weighted by atomic mass is 10.1. The maximum absolute atomic E-state index is 13.3. The van der Waals surface area contributed by atoms with Crippen LogP contribution in [-0.4, -0.2) is 37.9 Å². The van der Waals surface area contributed by atoms with Gasteiger partial charge in [0.05, 0.1) is 6.54 Å². The molecule has 4 rings (SSSR count). The highest BCUT2D eigenvalue weighted by molar-refractivity contribution is 7.09. The van der Waals surface area contributed by atoms with E-state index in [1.807, 2.05) is 42.5 Å². The monoisotopic (exact) mass is 597 g/mol. The van der Waals surface area contributed by atoms with Crippen LogP contribution in [0.15, 0.2) is 84.3 Å². The van der Waals surface area contributed by atoms with Crippen molar-refractivity contribution in [1.82, 2.24) is 15.2 Å². The number of carboxylic acids is 1. The van der Waals surface area contributed by atoms with Crippen molar-refractivity contribution < 1.29 is 24.6 Å². The van der Waals surface area contributed by atoms with Crippen molar-refractivity contribution in [3.05, 3.63) is 123 Å². The number of rotatable bonds is 14. The van der Waals surface area contributed by atoms with Crippen molar-refractivity contribution in [1.29, 1.82) is 0 Å². The number of nitrogens with one attached hydrogen (secondary N) is 1. The number of aryl methyl sites for hydroxylation is 1. The number of carbonyl (C=O) groups excluding carboxylic acids is 2. The first-order valence-corrected chi connectivity index (χ1v) is 15.1. The number of carbonyl (C=O) groups is 3. The van der Waals surface area contributed by atoms with Crippen molar-refractivity contribution in [2.75, 3.05) is 0 Å². The van der Waals surface area contributed by atoms with Gasteiger partial charge in [0, 0.05) is 24.5 Å². The number of carboxylic acid groups (broad SMARTS) is 1. The zero-order valence-corrected chi connectivity index (χ0v) is 24.8. The number of amides is 2. The molecule has 3 N–H and O–H groups in total. The van der Waals surface area contributed by atoms with E-state index in [2.05, 4.69) is 29.4 Å². The number of nitrogens with zero attached hydrogens (tertiary/aromatic N) is 2. The molecule has 0 atom stereocenters. The van der Waals surface area contributed by atoms with Gasteiger partial charge in [-0.15, -0.1) is 11.3 Å². The summed E-state index contributed by atoms with van der Waals surface area (Å²) < 4.78 is 0. The fourth-order valence-corrected chi connectivity index (χ4v) is 5.24. The quantitative estimate of drug-likeness (QED) is 0.114. The zero-order valence-electron chi connectivity index (χ0n) is 24.0. The van der Waals surface area contributed by atoms with Crippen molar-refractivity contribution in [2.24, 2.45) is 0 Å². The molecule has 0 spiro atoms. The molecule has 0 aliphatic heterocycles. The van der Waals surface area contributed by atoms with Crippen molar-refractivity contribution >= 4 is 35.2 Å². The SMILES string of the molecule is CCCCCc1ccc(CNC(=O)c2csc(CN(Cc3ccc(O)c(C(=O)O)c3)C(=O)/C=C/c3ccccc3)n2)cc1. The van der Waals surface area contributed by atoms with Crippen LogP contribution in [0.25, 0.3) is 6.08 Å². The third kappa shape index (κ3) is 9.37. The molecule has 0 fully saturated rings. The van der Waals surface area contributed by atoms with Crippen molar-refractivity contribution in [2.45, 2.75) is 52.2 Å². The van der Waals surface area contributed by atoms with Crippen LogP contribution in [0.1, 0.15) is 74.3 Å². The summed E-state index contributed by atoms with van der Waals surface area (Å²) in [7, 11) is 0. The summed E-state index contributed by atoms with van der Waals surface area (Å²) >= 11 is 1.27. The maximum Gasteiger partial charge on any atom is 0.339 e. The van der Waals surface area contributed by atoms with E-state index >= 15 is 0 Å². The lowest BCUT2D eigenvalue weighted by Gasteiger charge is -2.20. The van der Waals surface area contributed by atoms with Gasteiger partial charge in [0.2, 0.25) is 5.91 Å². The van der Waals surface area contributed by atoms with Gasteiger partial charge in [0.25, 0.3) is 5.91 Å². The van der Waals surface area contributed by atoms with Crippen LogP contribution in [-0.2, 0) is 30.8 Å². The number of hydrogen-bond acceptors (Lipinski definition) is 6. The van der Waals surface area contributed by atoms with E-state index in [4.69, 9.17) is 0 Å². The molecule has 0 bridgehead atoms. The Bertz CT molecular complexity index is 1560. The minimum absolute atomic E-state index is 0.0775. The molecule has 0 aliphatic carbocycles. The predicted octanol–water partition coefficient (Wildman–Crippen LogP) is 6.45. The summed E-state index contributed by atoms with van der Waals surface area (Å²) in [6, 6.07) is 21.9. The summed E-state index contributed by atoms with van der Waals surface area (Å²) in [5.74, 6) is -2.23. The highest BCUT2D eigenvalue weighted by Gasteiger charge is 2.18. The molecule has 1 aromatic heterocycles. The van der Waals surface area contributed by atoms with Crippen molar-refractivity contribution in [3.63, 3.8) is 0 Å². The summed E-state index contributed by atoms with van der Waals surface area (Å²) in [4.78, 5) is 43.6. The van der Waals surface area contributed by atoms with E-state index in [-0.39, 0.29) is 41.9 Å². The third-order valence-electron chi connectivity index (χ3n) is 6.85. The molecule has 3 aromatic carbocycles. The average molecular weight is 598 g/mol. The van der Waals surface area contributed by atoms with E-state index in [0.29, 0.717) is 17.1 Å². The first-order chi connectivity index (χ1) is 20.8. The molecule has 2 amide bonds. The summed E-state index contributed by atoms with van der Waals surface area (Å²) in [5, 5.41) is 24.4. The van der Waals surface area contributed by atoms with Gasteiger partial charge in [-0.3, -0.25) is 9.59 Å². The van der Waals surface area contributed by atoms with E-state index in [0.717, 1.165) is 17.5 Å². The first kappa shape index (κ1) is 31.2. The molecule has 0 saturated carbocycles. The molecular formula is C34H35N3O5S. The molecule has 0 unspecified atom stereocenters. The number of hydrogen-bond donors (Lipinski definition) is 3. The van der Waals surface area contributed by atoms with E-state index < -0.39 is 5.97 Å². The fraction of sp³-hybridized carbons (Fsp3) is 0.235. The molecule has 0 aliphatic rings. The van der Waals surface area contributed by atoms with Gasteiger partial charge in [-0.2, -0.15) is 0 Å². The molecule has 0 radical (unpaired) electrons. The second-order valence-electron chi connectivity index (χ2n) is 10.2. The van der Waals surface area contributed by atoms with E-state index in [1.165, 1.54) is 59.3 Å². The standard InChI is InChI=1S/C34H35N3O5S/c1-2-3-5-8-25-11-13-26(14-12-25)20-35-33(40)29-23-43-31(36-29)22-37(32(39)18-16-24-9-6-4-7-10-24)21-27-15-17-30(38)28(19-27)34(41)42/h4,6-7,9-19,23,38H,2-3,5,8,20-22H2,1H3,(H,35,40)(H,41,42)/b18-16+. The third-order valence-corrected chi connectivity index (χ3v) is 7.68. The molecule has 8 nitrogen and oxygen atoms in total.